The number of carbonyl (C=O) groups is 1. The van der Waals surface area contributed by atoms with E-state index < -0.39 is 11.7 Å². The number of nitrogens with one attached hydrogen (secondary N) is 2. The molecule has 0 aliphatic rings. The summed E-state index contributed by atoms with van der Waals surface area (Å²) in [5, 5.41) is 2.42. The Hall–Kier alpha value is -1.78. The molecule has 1 aromatic rings. The summed E-state index contributed by atoms with van der Waals surface area (Å²) in [6.45, 7) is 9.29. The quantitative estimate of drug-likeness (QED) is 0.792. The molecular formula is C12H20N2O3. The Bertz CT molecular complexity index is 405. The number of pyridine rings is 1. The third-order valence-electron chi connectivity index (χ3n) is 1.40. The summed E-state index contributed by atoms with van der Waals surface area (Å²) in [7, 11) is 0. The lowest BCUT2D eigenvalue weighted by molar-refractivity contribution is 0.0635. The second kappa shape index (κ2) is 6.73. The molecule has 96 valence electrons. The number of rotatable bonds is 1. The average Bonchev–Trinajstić information content (AvgIpc) is 2.17. The summed E-state index contributed by atoms with van der Waals surface area (Å²) in [6, 6.07) is 4.48. The van der Waals surface area contributed by atoms with Gasteiger partial charge in [0.2, 0.25) is 5.56 Å². The monoisotopic (exact) mass is 240 g/mol. The van der Waals surface area contributed by atoms with Gasteiger partial charge in [0.25, 0.3) is 0 Å². The maximum absolute atomic E-state index is 11.3. The second-order valence-corrected chi connectivity index (χ2v) is 4.06. The van der Waals surface area contributed by atoms with Crippen LogP contribution in [0.15, 0.2) is 23.0 Å². The Balaban J connectivity index is 0.00000121. The van der Waals surface area contributed by atoms with Gasteiger partial charge in [0.1, 0.15) is 11.4 Å². The van der Waals surface area contributed by atoms with Gasteiger partial charge in [-0.25, -0.2) is 4.79 Å². The van der Waals surface area contributed by atoms with Gasteiger partial charge in [-0.15, -0.1) is 0 Å². The Morgan fingerprint density at radius 1 is 1.29 bits per heavy atom. The Morgan fingerprint density at radius 3 is 2.35 bits per heavy atom. The summed E-state index contributed by atoms with van der Waals surface area (Å²) in [5.74, 6) is 0.316. The summed E-state index contributed by atoms with van der Waals surface area (Å²) in [4.78, 5) is 24.6. The van der Waals surface area contributed by atoms with Crippen molar-refractivity contribution in [1.82, 2.24) is 4.98 Å². The second-order valence-electron chi connectivity index (χ2n) is 4.06. The zero-order valence-corrected chi connectivity index (χ0v) is 11.0. The molecule has 0 fully saturated rings. The molecule has 2 N–H and O–H groups in total. The molecule has 0 unspecified atom stereocenters. The fourth-order valence-electron chi connectivity index (χ4n) is 0.934. The first kappa shape index (κ1) is 15.2. The van der Waals surface area contributed by atoms with Crippen molar-refractivity contribution in [2.24, 2.45) is 0 Å². The van der Waals surface area contributed by atoms with Crippen LogP contribution in [0.5, 0.6) is 0 Å². The molecular weight excluding hydrogens is 220 g/mol. The molecule has 0 aromatic carbocycles. The van der Waals surface area contributed by atoms with E-state index in [1.807, 2.05) is 13.8 Å². The molecule has 0 saturated heterocycles. The number of amides is 1. The molecule has 17 heavy (non-hydrogen) atoms. The van der Waals surface area contributed by atoms with Gasteiger partial charge in [-0.3, -0.25) is 10.1 Å². The molecule has 0 spiro atoms. The zero-order chi connectivity index (χ0) is 13.5. The number of ether oxygens (including phenoxy) is 1. The highest BCUT2D eigenvalue weighted by atomic mass is 16.6. The fraction of sp³-hybridized carbons (Fsp3) is 0.500. The summed E-state index contributed by atoms with van der Waals surface area (Å²) in [5.41, 5.74) is -0.831. The van der Waals surface area contributed by atoms with E-state index in [4.69, 9.17) is 4.74 Å². The molecule has 1 aromatic heterocycles. The minimum Gasteiger partial charge on any atom is -0.444 e. The van der Waals surface area contributed by atoms with Crippen molar-refractivity contribution in [2.45, 2.75) is 40.2 Å². The number of anilines is 1. The highest BCUT2D eigenvalue weighted by Crippen LogP contribution is 2.08. The maximum Gasteiger partial charge on any atom is 0.413 e. The van der Waals surface area contributed by atoms with Crippen molar-refractivity contribution < 1.29 is 9.53 Å². The number of hydrogen-bond donors (Lipinski definition) is 2. The molecule has 5 nitrogen and oxygen atoms in total. The van der Waals surface area contributed by atoms with Crippen LogP contribution in [-0.2, 0) is 4.74 Å². The molecule has 0 saturated carbocycles. The van der Waals surface area contributed by atoms with Gasteiger partial charge in [0.15, 0.2) is 0 Å². The number of aromatic nitrogens is 1. The molecule has 0 radical (unpaired) electrons. The van der Waals surface area contributed by atoms with E-state index in [0.717, 1.165) is 0 Å². The molecule has 0 aliphatic heterocycles. The molecule has 5 heteroatoms. The third kappa shape index (κ3) is 7.16. The largest absolute Gasteiger partial charge is 0.444 e. The first-order chi connectivity index (χ1) is 7.87. The van der Waals surface area contributed by atoms with Crippen LogP contribution in [-0.4, -0.2) is 16.7 Å². The predicted octanol–water partition coefficient (Wildman–Crippen LogP) is 2.75. The van der Waals surface area contributed by atoms with Gasteiger partial charge in [-0.1, -0.05) is 19.9 Å². The van der Waals surface area contributed by atoms with Gasteiger partial charge in [-0.2, -0.15) is 0 Å². The summed E-state index contributed by atoms with van der Waals surface area (Å²) in [6.07, 6.45) is -0.593. The van der Waals surface area contributed by atoms with Crippen LogP contribution in [0.3, 0.4) is 0 Å². The van der Waals surface area contributed by atoms with E-state index >= 15 is 0 Å². The van der Waals surface area contributed by atoms with Crippen molar-refractivity contribution in [3.63, 3.8) is 0 Å². The van der Waals surface area contributed by atoms with Gasteiger partial charge in [0.05, 0.1) is 0 Å². The standard InChI is InChI=1S/C10H14N2O3.C2H6/c1-10(2,3)15-9(14)12-7-5-4-6-8(13)11-7;1-2/h4-6H,1-3H3,(H2,11,12,13,14);1-2H3. The number of H-pyrrole nitrogens is 1. The highest BCUT2D eigenvalue weighted by Gasteiger charge is 2.16. The van der Waals surface area contributed by atoms with Crippen molar-refractivity contribution in [3.05, 3.63) is 28.6 Å². The minimum absolute atomic E-state index is 0.274. The number of hydrogen-bond acceptors (Lipinski definition) is 3. The van der Waals surface area contributed by atoms with Gasteiger partial charge >= 0.3 is 6.09 Å². The van der Waals surface area contributed by atoms with E-state index in [0.29, 0.717) is 5.82 Å². The van der Waals surface area contributed by atoms with Crippen molar-refractivity contribution in [2.75, 3.05) is 5.32 Å². The number of carbonyl (C=O) groups excluding carboxylic acids is 1. The minimum atomic E-state index is -0.593. The topological polar surface area (TPSA) is 71.2 Å². The maximum atomic E-state index is 11.3. The lowest BCUT2D eigenvalue weighted by Gasteiger charge is -2.19. The van der Waals surface area contributed by atoms with Crippen molar-refractivity contribution >= 4 is 11.9 Å². The molecule has 1 rings (SSSR count). The zero-order valence-electron chi connectivity index (χ0n) is 11.0. The first-order valence-electron chi connectivity index (χ1n) is 5.56. The smallest absolute Gasteiger partial charge is 0.413 e. The lowest BCUT2D eigenvalue weighted by Crippen LogP contribution is -2.28. The first-order valence-corrected chi connectivity index (χ1v) is 5.56. The van der Waals surface area contributed by atoms with Gasteiger partial charge in [0, 0.05) is 6.07 Å². The van der Waals surface area contributed by atoms with Gasteiger partial charge < -0.3 is 9.72 Å². The molecule has 1 amide bonds. The Morgan fingerprint density at radius 2 is 1.88 bits per heavy atom. The van der Waals surface area contributed by atoms with Crippen molar-refractivity contribution in [3.8, 4) is 0 Å². The van der Waals surface area contributed by atoms with Crippen LogP contribution in [0.25, 0.3) is 0 Å². The Kier molecular flexibility index (Phi) is 6.02. The molecule has 0 atom stereocenters. The van der Waals surface area contributed by atoms with E-state index in [1.165, 1.54) is 6.07 Å². The van der Waals surface area contributed by atoms with E-state index in [2.05, 4.69) is 10.3 Å². The molecule has 0 aliphatic carbocycles. The number of aromatic amines is 1. The normalized spacial score (nSPS) is 9.94. The third-order valence-corrected chi connectivity index (χ3v) is 1.40. The molecule has 0 bridgehead atoms. The van der Waals surface area contributed by atoms with Crippen LogP contribution < -0.4 is 10.9 Å². The summed E-state index contributed by atoms with van der Waals surface area (Å²) < 4.78 is 5.01. The predicted molar refractivity (Wildman–Crippen MR) is 68.3 cm³/mol. The van der Waals surface area contributed by atoms with Crippen LogP contribution in [0.2, 0.25) is 0 Å². The van der Waals surface area contributed by atoms with Crippen LogP contribution in [0, 0.1) is 0 Å². The van der Waals surface area contributed by atoms with E-state index in [1.54, 1.807) is 32.9 Å². The van der Waals surface area contributed by atoms with Gasteiger partial charge in [-0.05, 0) is 26.8 Å². The van der Waals surface area contributed by atoms with Crippen LogP contribution in [0.1, 0.15) is 34.6 Å². The fourth-order valence-corrected chi connectivity index (χ4v) is 0.934. The SMILES string of the molecule is CC.CC(C)(C)OC(=O)Nc1cccc(=O)[nH]1. The van der Waals surface area contributed by atoms with Crippen LogP contribution in [0.4, 0.5) is 10.6 Å². The van der Waals surface area contributed by atoms with Crippen molar-refractivity contribution in [1.29, 1.82) is 0 Å². The lowest BCUT2D eigenvalue weighted by atomic mass is 10.2. The molecule has 1 heterocycles. The highest BCUT2D eigenvalue weighted by molar-refractivity contribution is 5.83. The van der Waals surface area contributed by atoms with E-state index in [9.17, 15) is 9.59 Å². The Labute approximate surface area is 101 Å². The van der Waals surface area contributed by atoms with Crippen LogP contribution >= 0.6 is 0 Å². The van der Waals surface area contributed by atoms with E-state index in [-0.39, 0.29) is 5.56 Å². The summed E-state index contributed by atoms with van der Waals surface area (Å²) >= 11 is 0. The average molecular weight is 240 g/mol.